The van der Waals surface area contributed by atoms with Crippen LogP contribution in [0.5, 0.6) is 0 Å². The van der Waals surface area contributed by atoms with Crippen molar-refractivity contribution in [1.29, 1.82) is 0 Å². The summed E-state index contributed by atoms with van der Waals surface area (Å²) >= 11 is 0. The van der Waals surface area contributed by atoms with E-state index in [0.717, 1.165) is 0 Å². The molecule has 0 bridgehead atoms. The molecule has 1 aromatic heterocycles. The minimum Gasteiger partial charge on any atom is -0.476 e. The first-order chi connectivity index (χ1) is 5.52. The summed E-state index contributed by atoms with van der Waals surface area (Å²) in [5.41, 5.74) is 5.91. The number of nitrogen functional groups attached to an aromatic ring is 1. The van der Waals surface area contributed by atoms with Crippen LogP contribution in [-0.4, -0.2) is 21.0 Å². The lowest BCUT2D eigenvalue weighted by Gasteiger charge is -2.00. The van der Waals surface area contributed by atoms with Crippen molar-refractivity contribution in [2.45, 2.75) is 19.8 Å². The molecule has 12 heavy (non-hydrogen) atoms. The lowest BCUT2D eigenvalue weighted by Crippen LogP contribution is -2.03. The summed E-state index contributed by atoms with van der Waals surface area (Å²) in [4.78, 5) is 17.0. The molecule has 0 aliphatic rings. The fourth-order valence-electron chi connectivity index (χ4n) is 0.987. The first-order valence-corrected chi connectivity index (χ1v) is 3.61. The Morgan fingerprint density at radius 2 is 2.25 bits per heavy atom. The minimum atomic E-state index is -1.05. The van der Waals surface area contributed by atoms with Gasteiger partial charge in [0.15, 0.2) is 11.6 Å². The SMILES string of the molecule is CC(C)c1[nH]c(N)nc1C(=O)O. The summed E-state index contributed by atoms with van der Waals surface area (Å²) in [5.74, 6) is -0.816. The van der Waals surface area contributed by atoms with Gasteiger partial charge in [0.1, 0.15) is 0 Å². The molecule has 0 spiro atoms. The third kappa shape index (κ3) is 1.39. The molecule has 1 aromatic rings. The molecule has 1 rings (SSSR count). The Labute approximate surface area is 69.6 Å². The van der Waals surface area contributed by atoms with Gasteiger partial charge in [-0.25, -0.2) is 9.78 Å². The number of nitrogens with zero attached hydrogens (tertiary/aromatic N) is 1. The van der Waals surface area contributed by atoms with E-state index in [4.69, 9.17) is 10.8 Å². The molecular weight excluding hydrogens is 158 g/mol. The van der Waals surface area contributed by atoms with Crippen molar-refractivity contribution in [3.05, 3.63) is 11.4 Å². The number of hydrogen-bond donors (Lipinski definition) is 3. The van der Waals surface area contributed by atoms with Gasteiger partial charge in [-0.1, -0.05) is 13.8 Å². The number of imidazole rings is 1. The van der Waals surface area contributed by atoms with Gasteiger partial charge < -0.3 is 15.8 Å². The average Bonchev–Trinajstić information content (AvgIpc) is 2.31. The Hall–Kier alpha value is -1.52. The summed E-state index contributed by atoms with van der Waals surface area (Å²) in [6, 6.07) is 0. The van der Waals surface area contributed by atoms with Gasteiger partial charge in [-0.05, 0) is 5.92 Å². The number of aromatic carboxylic acids is 1. The molecule has 1 heterocycles. The average molecular weight is 169 g/mol. The standard InChI is InChI=1S/C7H11N3O2/c1-3(2)4-5(6(11)12)10-7(8)9-4/h3H,1-2H3,(H,11,12)(H3,8,9,10). The molecule has 4 N–H and O–H groups in total. The van der Waals surface area contributed by atoms with Crippen molar-refractivity contribution in [2.24, 2.45) is 0 Å². The maximum atomic E-state index is 10.6. The normalized spacial score (nSPS) is 10.6. The summed E-state index contributed by atoms with van der Waals surface area (Å²) in [5, 5.41) is 8.69. The zero-order chi connectivity index (χ0) is 9.30. The van der Waals surface area contributed by atoms with Crippen LogP contribution < -0.4 is 5.73 Å². The van der Waals surface area contributed by atoms with E-state index in [0.29, 0.717) is 5.69 Å². The summed E-state index contributed by atoms with van der Waals surface area (Å²) in [6.07, 6.45) is 0. The van der Waals surface area contributed by atoms with Gasteiger partial charge >= 0.3 is 5.97 Å². The lowest BCUT2D eigenvalue weighted by molar-refractivity contribution is 0.0689. The van der Waals surface area contributed by atoms with Crippen LogP contribution in [0.2, 0.25) is 0 Å². The molecule has 5 heteroatoms. The van der Waals surface area contributed by atoms with E-state index in [2.05, 4.69) is 9.97 Å². The molecule has 0 amide bonds. The zero-order valence-electron chi connectivity index (χ0n) is 6.96. The van der Waals surface area contributed by atoms with Crippen LogP contribution in [0.4, 0.5) is 5.95 Å². The van der Waals surface area contributed by atoms with Crippen molar-refractivity contribution in [2.75, 3.05) is 5.73 Å². The molecule has 0 aliphatic heterocycles. The molecule has 0 unspecified atom stereocenters. The minimum absolute atomic E-state index is 0.0162. The molecule has 66 valence electrons. The van der Waals surface area contributed by atoms with Crippen molar-refractivity contribution < 1.29 is 9.90 Å². The quantitative estimate of drug-likeness (QED) is 0.611. The van der Waals surface area contributed by atoms with E-state index in [-0.39, 0.29) is 17.6 Å². The fraction of sp³-hybridized carbons (Fsp3) is 0.429. The van der Waals surface area contributed by atoms with Crippen LogP contribution in [-0.2, 0) is 0 Å². The van der Waals surface area contributed by atoms with Gasteiger partial charge in [0.2, 0.25) is 0 Å². The molecule has 0 radical (unpaired) electrons. The number of carboxylic acids is 1. The van der Waals surface area contributed by atoms with Gasteiger partial charge in [0.05, 0.1) is 5.69 Å². The number of carboxylic acid groups (broad SMARTS) is 1. The largest absolute Gasteiger partial charge is 0.476 e. The molecule has 0 saturated carbocycles. The van der Waals surface area contributed by atoms with Gasteiger partial charge in [0.25, 0.3) is 0 Å². The Morgan fingerprint density at radius 3 is 2.58 bits per heavy atom. The van der Waals surface area contributed by atoms with Crippen molar-refractivity contribution in [1.82, 2.24) is 9.97 Å². The van der Waals surface area contributed by atoms with E-state index in [1.165, 1.54) is 0 Å². The third-order valence-corrected chi connectivity index (χ3v) is 1.53. The topological polar surface area (TPSA) is 92.0 Å². The first kappa shape index (κ1) is 8.58. The van der Waals surface area contributed by atoms with Gasteiger partial charge in [-0.2, -0.15) is 0 Å². The number of anilines is 1. The predicted molar refractivity (Wildman–Crippen MR) is 44.0 cm³/mol. The van der Waals surface area contributed by atoms with Crippen LogP contribution >= 0.6 is 0 Å². The number of aromatic nitrogens is 2. The van der Waals surface area contributed by atoms with Gasteiger partial charge in [0, 0.05) is 0 Å². The van der Waals surface area contributed by atoms with Crippen LogP contribution in [0.3, 0.4) is 0 Å². The smallest absolute Gasteiger partial charge is 0.356 e. The van der Waals surface area contributed by atoms with Crippen LogP contribution in [0, 0.1) is 0 Å². The highest BCUT2D eigenvalue weighted by molar-refractivity contribution is 5.87. The number of rotatable bonds is 2. The highest BCUT2D eigenvalue weighted by atomic mass is 16.4. The van der Waals surface area contributed by atoms with Crippen molar-refractivity contribution >= 4 is 11.9 Å². The Balaban J connectivity index is 3.17. The maximum Gasteiger partial charge on any atom is 0.356 e. The van der Waals surface area contributed by atoms with Crippen molar-refractivity contribution in [3.63, 3.8) is 0 Å². The first-order valence-electron chi connectivity index (χ1n) is 3.61. The number of nitrogens with two attached hydrogens (primary N) is 1. The second kappa shape index (κ2) is 2.84. The predicted octanol–water partition coefficient (Wildman–Crippen LogP) is 0.814. The van der Waals surface area contributed by atoms with Crippen LogP contribution in [0.15, 0.2) is 0 Å². The molecule has 0 fully saturated rings. The summed E-state index contributed by atoms with van der Waals surface area (Å²) in [7, 11) is 0. The lowest BCUT2D eigenvalue weighted by atomic mass is 10.1. The second-order valence-corrected chi connectivity index (χ2v) is 2.84. The van der Waals surface area contributed by atoms with Crippen LogP contribution in [0.25, 0.3) is 0 Å². The Bertz CT molecular complexity index is 304. The van der Waals surface area contributed by atoms with E-state index in [1.54, 1.807) is 0 Å². The van der Waals surface area contributed by atoms with E-state index < -0.39 is 5.97 Å². The molecule has 5 nitrogen and oxygen atoms in total. The second-order valence-electron chi connectivity index (χ2n) is 2.84. The zero-order valence-corrected chi connectivity index (χ0v) is 6.96. The molecular formula is C7H11N3O2. The van der Waals surface area contributed by atoms with E-state index in [1.807, 2.05) is 13.8 Å². The highest BCUT2D eigenvalue weighted by Crippen LogP contribution is 2.17. The number of H-pyrrole nitrogens is 1. The van der Waals surface area contributed by atoms with Crippen LogP contribution in [0.1, 0.15) is 35.9 Å². The van der Waals surface area contributed by atoms with E-state index in [9.17, 15) is 4.79 Å². The number of hydrogen-bond acceptors (Lipinski definition) is 3. The van der Waals surface area contributed by atoms with E-state index >= 15 is 0 Å². The van der Waals surface area contributed by atoms with Gasteiger partial charge in [-0.3, -0.25) is 0 Å². The third-order valence-electron chi connectivity index (χ3n) is 1.53. The Morgan fingerprint density at radius 1 is 1.67 bits per heavy atom. The molecule has 0 saturated heterocycles. The number of aromatic amines is 1. The monoisotopic (exact) mass is 169 g/mol. The number of carbonyl (C=O) groups is 1. The Kier molecular flexibility index (Phi) is 2.03. The fourth-order valence-corrected chi connectivity index (χ4v) is 0.987. The molecule has 0 aromatic carbocycles. The summed E-state index contributed by atoms with van der Waals surface area (Å²) in [6.45, 7) is 3.75. The molecule has 0 aliphatic carbocycles. The summed E-state index contributed by atoms with van der Waals surface area (Å²) < 4.78 is 0. The van der Waals surface area contributed by atoms with Gasteiger partial charge in [-0.15, -0.1) is 0 Å². The van der Waals surface area contributed by atoms with Crippen molar-refractivity contribution in [3.8, 4) is 0 Å². The number of nitrogens with one attached hydrogen (secondary N) is 1. The molecule has 0 atom stereocenters. The maximum absolute atomic E-state index is 10.6. The highest BCUT2D eigenvalue weighted by Gasteiger charge is 2.17.